The Hall–Kier alpha value is -2.70. The molecule has 0 atom stereocenters. The molecule has 0 fully saturated rings. The Morgan fingerprint density at radius 1 is 1.33 bits per heavy atom. The molecular weight excluding hydrogens is 272 g/mol. The van der Waals surface area contributed by atoms with Crippen LogP contribution in [0, 0.1) is 0 Å². The van der Waals surface area contributed by atoms with Gasteiger partial charge in [-0.1, -0.05) is 32.0 Å². The second-order valence-corrected chi connectivity index (χ2v) is 4.88. The fourth-order valence-electron chi connectivity index (χ4n) is 1.77. The van der Waals surface area contributed by atoms with Crippen LogP contribution in [0.4, 0.5) is 5.69 Å². The first-order chi connectivity index (χ1) is 9.97. The van der Waals surface area contributed by atoms with Gasteiger partial charge in [0.2, 0.25) is 5.82 Å². The van der Waals surface area contributed by atoms with E-state index in [1.807, 2.05) is 13.8 Å². The molecule has 0 radical (unpaired) electrons. The lowest BCUT2D eigenvalue weighted by atomic mass is 10.1. The van der Waals surface area contributed by atoms with Crippen molar-refractivity contribution in [3.8, 4) is 0 Å². The second kappa shape index (κ2) is 6.17. The summed E-state index contributed by atoms with van der Waals surface area (Å²) in [4.78, 5) is 27.0. The van der Waals surface area contributed by atoms with Gasteiger partial charge in [0.25, 0.3) is 5.91 Å². The molecular formula is C14H16N4O3. The number of nitrogens with one attached hydrogen (secondary N) is 2. The lowest BCUT2D eigenvalue weighted by Crippen LogP contribution is -2.16. The van der Waals surface area contributed by atoms with Crippen molar-refractivity contribution in [2.75, 3.05) is 5.32 Å². The molecule has 0 saturated heterocycles. The summed E-state index contributed by atoms with van der Waals surface area (Å²) >= 11 is 0. The number of carbonyl (C=O) groups is 2. The topological polar surface area (TPSA) is 108 Å². The number of nitrogens with zero attached hydrogens (tertiary/aromatic N) is 2. The number of hydrogen-bond donors (Lipinski definition) is 3. The molecule has 0 saturated carbocycles. The maximum atomic E-state index is 12.1. The van der Waals surface area contributed by atoms with E-state index in [2.05, 4.69) is 20.5 Å². The summed E-state index contributed by atoms with van der Waals surface area (Å²) in [5.41, 5.74) is 0.971. The number of anilines is 1. The Labute approximate surface area is 121 Å². The molecule has 0 aliphatic rings. The molecule has 110 valence electrons. The number of benzene rings is 1. The largest absolute Gasteiger partial charge is 0.481 e. The van der Waals surface area contributed by atoms with Crippen LogP contribution < -0.4 is 5.32 Å². The highest BCUT2D eigenvalue weighted by molar-refractivity contribution is 6.02. The van der Waals surface area contributed by atoms with Crippen molar-refractivity contribution < 1.29 is 14.7 Å². The average Bonchev–Trinajstić information content (AvgIpc) is 2.90. The summed E-state index contributed by atoms with van der Waals surface area (Å²) in [6, 6.07) is 6.74. The van der Waals surface area contributed by atoms with Crippen LogP contribution in [0.3, 0.4) is 0 Å². The van der Waals surface area contributed by atoms with E-state index in [0.717, 1.165) is 0 Å². The van der Waals surface area contributed by atoms with Crippen LogP contribution in [-0.2, 0) is 11.2 Å². The molecule has 1 amide bonds. The van der Waals surface area contributed by atoms with Crippen molar-refractivity contribution in [3.63, 3.8) is 0 Å². The highest BCUT2D eigenvalue weighted by atomic mass is 16.4. The molecule has 7 nitrogen and oxygen atoms in total. The monoisotopic (exact) mass is 288 g/mol. The van der Waals surface area contributed by atoms with E-state index >= 15 is 0 Å². The molecule has 2 rings (SSSR count). The Bertz CT molecular complexity index is 664. The lowest BCUT2D eigenvalue weighted by molar-refractivity contribution is -0.136. The summed E-state index contributed by atoms with van der Waals surface area (Å²) in [5, 5.41) is 18.1. The number of aliphatic carboxylic acids is 1. The standard InChI is InChI=1S/C14H16N4O3/c1-8(2)12-16-13(18-17-12)14(21)15-10-6-4-3-5-9(10)7-11(19)20/h3-6,8H,7H2,1-2H3,(H,15,21)(H,19,20)(H,16,17,18). The molecule has 0 unspecified atom stereocenters. The summed E-state index contributed by atoms with van der Waals surface area (Å²) in [7, 11) is 0. The lowest BCUT2D eigenvalue weighted by Gasteiger charge is -2.07. The highest BCUT2D eigenvalue weighted by Crippen LogP contribution is 2.16. The zero-order valence-electron chi connectivity index (χ0n) is 11.8. The first-order valence-corrected chi connectivity index (χ1v) is 6.50. The van der Waals surface area contributed by atoms with Crippen molar-refractivity contribution in [1.29, 1.82) is 0 Å². The number of rotatable bonds is 5. The minimum atomic E-state index is -0.961. The van der Waals surface area contributed by atoms with Crippen LogP contribution in [0.5, 0.6) is 0 Å². The van der Waals surface area contributed by atoms with Crippen LogP contribution in [0.15, 0.2) is 24.3 Å². The van der Waals surface area contributed by atoms with E-state index in [0.29, 0.717) is 17.1 Å². The normalized spacial score (nSPS) is 10.6. The summed E-state index contributed by atoms with van der Waals surface area (Å²) in [6.07, 6.45) is -0.165. The third kappa shape index (κ3) is 3.65. The van der Waals surface area contributed by atoms with E-state index in [9.17, 15) is 9.59 Å². The first-order valence-electron chi connectivity index (χ1n) is 6.50. The zero-order chi connectivity index (χ0) is 15.4. The van der Waals surface area contributed by atoms with E-state index in [-0.39, 0.29) is 18.2 Å². The number of amides is 1. The highest BCUT2D eigenvalue weighted by Gasteiger charge is 2.16. The average molecular weight is 288 g/mol. The Morgan fingerprint density at radius 3 is 2.67 bits per heavy atom. The predicted molar refractivity (Wildman–Crippen MR) is 76.2 cm³/mol. The SMILES string of the molecule is CC(C)c1nc(C(=O)Nc2ccccc2CC(=O)O)n[nH]1. The molecule has 21 heavy (non-hydrogen) atoms. The van der Waals surface area contributed by atoms with Gasteiger partial charge in [0.1, 0.15) is 5.82 Å². The zero-order valence-corrected chi connectivity index (χ0v) is 11.8. The molecule has 0 aliphatic carbocycles. The minimum absolute atomic E-state index is 0.0313. The smallest absolute Gasteiger partial charge is 0.307 e. The van der Waals surface area contributed by atoms with Crippen LogP contribution in [-0.4, -0.2) is 32.2 Å². The molecule has 0 aliphatic heterocycles. The van der Waals surface area contributed by atoms with Gasteiger partial charge in [0, 0.05) is 11.6 Å². The number of carboxylic acid groups (broad SMARTS) is 1. The number of aromatic nitrogens is 3. The minimum Gasteiger partial charge on any atom is -0.481 e. The maximum absolute atomic E-state index is 12.1. The van der Waals surface area contributed by atoms with Gasteiger partial charge in [0.15, 0.2) is 0 Å². The van der Waals surface area contributed by atoms with Gasteiger partial charge in [0.05, 0.1) is 6.42 Å². The van der Waals surface area contributed by atoms with Crippen LogP contribution in [0.2, 0.25) is 0 Å². The van der Waals surface area contributed by atoms with Gasteiger partial charge in [-0.2, -0.15) is 0 Å². The number of hydrogen-bond acceptors (Lipinski definition) is 4. The van der Waals surface area contributed by atoms with Gasteiger partial charge in [-0.3, -0.25) is 14.7 Å². The second-order valence-electron chi connectivity index (χ2n) is 4.88. The van der Waals surface area contributed by atoms with E-state index in [1.165, 1.54) is 0 Å². The fourth-order valence-corrected chi connectivity index (χ4v) is 1.77. The third-order valence-electron chi connectivity index (χ3n) is 2.86. The summed E-state index contributed by atoms with van der Waals surface area (Å²) in [5.74, 6) is -0.645. The number of carboxylic acids is 1. The third-order valence-corrected chi connectivity index (χ3v) is 2.86. The van der Waals surface area contributed by atoms with Crippen LogP contribution in [0.1, 0.15) is 41.8 Å². The van der Waals surface area contributed by atoms with Gasteiger partial charge in [-0.05, 0) is 11.6 Å². The van der Waals surface area contributed by atoms with Crippen molar-refractivity contribution in [3.05, 3.63) is 41.5 Å². The van der Waals surface area contributed by atoms with E-state index in [4.69, 9.17) is 5.11 Å². The number of carbonyl (C=O) groups excluding carboxylic acids is 1. The molecule has 3 N–H and O–H groups in total. The summed E-state index contributed by atoms with van der Waals surface area (Å²) in [6.45, 7) is 3.87. The molecule has 0 bridgehead atoms. The van der Waals surface area contributed by atoms with Crippen molar-refractivity contribution in [2.45, 2.75) is 26.2 Å². The van der Waals surface area contributed by atoms with Crippen molar-refractivity contribution >= 4 is 17.6 Å². The molecule has 0 spiro atoms. The molecule has 7 heteroatoms. The van der Waals surface area contributed by atoms with Crippen molar-refractivity contribution in [2.24, 2.45) is 0 Å². The predicted octanol–water partition coefficient (Wildman–Crippen LogP) is 1.81. The number of H-pyrrole nitrogens is 1. The molecule has 2 aromatic rings. The first kappa shape index (κ1) is 14.7. The number of para-hydroxylation sites is 1. The molecule has 1 aromatic heterocycles. The molecule has 1 aromatic carbocycles. The van der Waals surface area contributed by atoms with E-state index in [1.54, 1.807) is 24.3 Å². The Morgan fingerprint density at radius 2 is 2.05 bits per heavy atom. The van der Waals surface area contributed by atoms with Crippen LogP contribution in [0.25, 0.3) is 0 Å². The Balaban J connectivity index is 2.17. The Kier molecular flexibility index (Phi) is 4.32. The van der Waals surface area contributed by atoms with Gasteiger partial charge >= 0.3 is 5.97 Å². The quantitative estimate of drug-likeness (QED) is 0.777. The van der Waals surface area contributed by atoms with Gasteiger partial charge < -0.3 is 10.4 Å². The van der Waals surface area contributed by atoms with Crippen LogP contribution >= 0.6 is 0 Å². The summed E-state index contributed by atoms with van der Waals surface area (Å²) < 4.78 is 0. The fraction of sp³-hybridized carbons (Fsp3) is 0.286. The van der Waals surface area contributed by atoms with Gasteiger partial charge in [-0.25, -0.2) is 4.98 Å². The number of aromatic amines is 1. The maximum Gasteiger partial charge on any atom is 0.307 e. The van der Waals surface area contributed by atoms with E-state index < -0.39 is 11.9 Å². The molecule has 1 heterocycles. The van der Waals surface area contributed by atoms with Gasteiger partial charge in [-0.15, -0.1) is 5.10 Å². The van der Waals surface area contributed by atoms with Crippen molar-refractivity contribution in [1.82, 2.24) is 15.2 Å².